The SMILES string of the molecule is CC(C(=O)OC1CCCCC1)c1cc(C(C)(C)C)c(O)c(C(C)(C)C)c1. The van der Waals surface area contributed by atoms with Crippen molar-refractivity contribution >= 4 is 5.97 Å². The Balaban J connectivity index is 2.36. The van der Waals surface area contributed by atoms with Crippen LogP contribution in [0.2, 0.25) is 0 Å². The molecule has 1 N–H and O–H groups in total. The number of benzene rings is 1. The highest BCUT2D eigenvalue weighted by atomic mass is 16.5. The van der Waals surface area contributed by atoms with Crippen LogP contribution in [0.1, 0.15) is 103 Å². The van der Waals surface area contributed by atoms with E-state index in [1.54, 1.807) is 0 Å². The molecule has 1 aromatic carbocycles. The van der Waals surface area contributed by atoms with Gasteiger partial charge in [-0.1, -0.05) is 60.1 Å². The van der Waals surface area contributed by atoms with Gasteiger partial charge in [0.05, 0.1) is 5.92 Å². The number of carbonyl (C=O) groups excluding carboxylic acids is 1. The topological polar surface area (TPSA) is 46.5 Å². The lowest BCUT2D eigenvalue weighted by molar-refractivity contribution is -0.151. The van der Waals surface area contributed by atoms with Gasteiger partial charge in [0.1, 0.15) is 11.9 Å². The Hall–Kier alpha value is -1.51. The van der Waals surface area contributed by atoms with Crippen LogP contribution in [0, 0.1) is 0 Å². The first-order valence-electron chi connectivity index (χ1n) is 9.99. The van der Waals surface area contributed by atoms with Crippen LogP contribution >= 0.6 is 0 Å². The van der Waals surface area contributed by atoms with Crippen LogP contribution in [-0.2, 0) is 20.4 Å². The molecular formula is C23H36O3. The van der Waals surface area contributed by atoms with Crippen LogP contribution in [0.15, 0.2) is 12.1 Å². The zero-order valence-corrected chi connectivity index (χ0v) is 17.6. The Labute approximate surface area is 159 Å². The number of rotatable bonds is 3. The monoisotopic (exact) mass is 360 g/mol. The summed E-state index contributed by atoms with van der Waals surface area (Å²) in [5.74, 6) is -0.136. The van der Waals surface area contributed by atoms with Crippen LogP contribution in [0.4, 0.5) is 0 Å². The molecule has 1 atom stereocenters. The molecule has 0 spiro atoms. The fourth-order valence-corrected chi connectivity index (χ4v) is 3.64. The van der Waals surface area contributed by atoms with Gasteiger partial charge in [-0.3, -0.25) is 4.79 Å². The first kappa shape index (κ1) is 20.8. The molecular weight excluding hydrogens is 324 g/mol. The maximum Gasteiger partial charge on any atom is 0.313 e. The van der Waals surface area contributed by atoms with Crippen molar-refractivity contribution in [2.24, 2.45) is 0 Å². The molecule has 1 aliphatic carbocycles. The van der Waals surface area contributed by atoms with E-state index >= 15 is 0 Å². The van der Waals surface area contributed by atoms with E-state index in [1.165, 1.54) is 6.42 Å². The summed E-state index contributed by atoms with van der Waals surface area (Å²) >= 11 is 0. The number of aromatic hydroxyl groups is 1. The summed E-state index contributed by atoms with van der Waals surface area (Å²) in [6, 6.07) is 3.97. The second-order valence-electron chi connectivity index (χ2n) is 9.88. The molecule has 0 saturated heterocycles. The summed E-state index contributed by atoms with van der Waals surface area (Å²) in [5, 5.41) is 10.8. The van der Waals surface area contributed by atoms with Gasteiger partial charge in [-0.05, 0) is 60.1 Å². The third-order valence-electron chi connectivity index (χ3n) is 5.44. The predicted octanol–water partition coefficient (Wildman–Crippen LogP) is 5.97. The lowest BCUT2D eigenvalue weighted by Gasteiger charge is -2.29. The molecule has 0 bridgehead atoms. The van der Waals surface area contributed by atoms with Crippen molar-refractivity contribution in [3.63, 3.8) is 0 Å². The second-order valence-corrected chi connectivity index (χ2v) is 9.88. The summed E-state index contributed by atoms with van der Waals surface area (Å²) in [7, 11) is 0. The van der Waals surface area contributed by atoms with E-state index in [9.17, 15) is 9.90 Å². The average molecular weight is 361 g/mol. The van der Waals surface area contributed by atoms with E-state index in [1.807, 2.05) is 19.1 Å². The zero-order valence-electron chi connectivity index (χ0n) is 17.6. The highest BCUT2D eigenvalue weighted by Gasteiger charge is 2.30. The van der Waals surface area contributed by atoms with E-state index < -0.39 is 0 Å². The molecule has 146 valence electrons. The molecule has 0 aromatic heterocycles. The Morgan fingerprint density at radius 3 is 1.88 bits per heavy atom. The van der Waals surface area contributed by atoms with Gasteiger partial charge in [0.2, 0.25) is 0 Å². The fraction of sp³-hybridized carbons (Fsp3) is 0.696. The standard InChI is InChI=1S/C23H36O3/c1-15(21(25)26-17-11-9-8-10-12-17)16-13-18(22(2,3)4)20(24)19(14-16)23(5,6)7/h13-15,17,24H,8-12H2,1-7H3. The van der Waals surface area contributed by atoms with Crippen molar-refractivity contribution in [2.45, 2.75) is 103 Å². The number of hydrogen-bond donors (Lipinski definition) is 1. The zero-order chi connectivity index (χ0) is 19.7. The quantitative estimate of drug-likeness (QED) is 0.676. The van der Waals surface area contributed by atoms with Crippen molar-refractivity contribution in [3.8, 4) is 5.75 Å². The largest absolute Gasteiger partial charge is 0.507 e. The molecule has 26 heavy (non-hydrogen) atoms. The summed E-state index contributed by atoms with van der Waals surface area (Å²) in [4.78, 5) is 12.7. The Morgan fingerprint density at radius 1 is 1.00 bits per heavy atom. The number of ether oxygens (including phenoxy) is 1. The Kier molecular flexibility index (Phi) is 6.09. The molecule has 3 nitrogen and oxygen atoms in total. The molecule has 0 heterocycles. The number of phenolic OH excluding ortho intramolecular Hbond substituents is 1. The predicted molar refractivity (Wildman–Crippen MR) is 107 cm³/mol. The number of phenols is 1. The van der Waals surface area contributed by atoms with Crippen molar-refractivity contribution in [2.75, 3.05) is 0 Å². The van der Waals surface area contributed by atoms with Crippen molar-refractivity contribution in [1.29, 1.82) is 0 Å². The van der Waals surface area contributed by atoms with Gasteiger partial charge < -0.3 is 9.84 Å². The Morgan fingerprint density at radius 2 is 1.46 bits per heavy atom. The first-order chi connectivity index (χ1) is 11.9. The highest BCUT2D eigenvalue weighted by Crippen LogP contribution is 2.41. The lowest BCUT2D eigenvalue weighted by Crippen LogP contribution is -2.25. The molecule has 1 saturated carbocycles. The summed E-state index contributed by atoms with van der Waals surface area (Å²) < 4.78 is 5.79. The van der Waals surface area contributed by atoms with Gasteiger partial charge in [-0.15, -0.1) is 0 Å². The lowest BCUT2D eigenvalue weighted by atomic mass is 9.77. The normalized spacial score (nSPS) is 17.8. The highest BCUT2D eigenvalue weighted by molar-refractivity contribution is 5.78. The average Bonchev–Trinajstić information content (AvgIpc) is 2.53. The van der Waals surface area contributed by atoms with E-state index in [0.717, 1.165) is 42.4 Å². The van der Waals surface area contributed by atoms with Crippen molar-refractivity contribution in [1.82, 2.24) is 0 Å². The summed E-state index contributed by atoms with van der Waals surface area (Å²) in [6.45, 7) is 14.4. The van der Waals surface area contributed by atoms with Gasteiger partial charge in [0.15, 0.2) is 0 Å². The Bertz CT molecular complexity index is 605. The van der Waals surface area contributed by atoms with Crippen molar-refractivity contribution in [3.05, 3.63) is 28.8 Å². The van der Waals surface area contributed by atoms with Crippen LogP contribution in [0.5, 0.6) is 5.75 Å². The number of carbonyl (C=O) groups is 1. The van der Waals surface area contributed by atoms with E-state index in [2.05, 4.69) is 41.5 Å². The minimum Gasteiger partial charge on any atom is -0.507 e. The third kappa shape index (κ3) is 4.81. The third-order valence-corrected chi connectivity index (χ3v) is 5.44. The van der Waals surface area contributed by atoms with Gasteiger partial charge >= 0.3 is 5.97 Å². The molecule has 1 aromatic rings. The molecule has 3 heteroatoms. The smallest absolute Gasteiger partial charge is 0.313 e. The van der Waals surface area contributed by atoms with Gasteiger partial charge in [0.25, 0.3) is 0 Å². The van der Waals surface area contributed by atoms with Gasteiger partial charge in [-0.2, -0.15) is 0 Å². The minimum atomic E-state index is -0.334. The number of esters is 1. The van der Waals surface area contributed by atoms with E-state index in [-0.39, 0.29) is 28.8 Å². The molecule has 0 aliphatic heterocycles. The van der Waals surface area contributed by atoms with Crippen LogP contribution in [-0.4, -0.2) is 17.2 Å². The molecule has 1 fully saturated rings. The summed E-state index contributed by atoms with van der Waals surface area (Å²) in [5.41, 5.74) is 2.30. The van der Waals surface area contributed by atoms with Crippen molar-refractivity contribution < 1.29 is 14.6 Å². The maximum atomic E-state index is 12.7. The molecule has 2 rings (SSSR count). The van der Waals surface area contributed by atoms with Gasteiger partial charge in [0, 0.05) is 0 Å². The van der Waals surface area contributed by atoms with Crippen LogP contribution in [0.3, 0.4) is 0 Å². The van der Waals surface area contributed by atoms with Crippen LogP contribution < -0.4 is 0 Å². The minimum absolute atomic E-state index is 0.0694. The summed E-state index contributed by atoms with van der Waals surface area (Å²) in [6.07, 6.45) is 5.57. The molecule has 1 unspecified atom stereocenters. The fourth-order valence-electron chi connectivity index (χ4n) is 3.64. The van der Waals surface area contributed by atoms with E-state index in [4.69, 9.17) is 4.74 Å². The molecule has 0 amide bonds. The second kappa shape index (κ2) is 7.62. The maximum absolute atomic E-state index is 12.7. The van der Waals surface area contributed by atoms with Crippen LogP contribution in [0.25, 0.3) is 0 Å². The first-order valence-corrected chi connectivity index (χ1v) is 9.99. The number of hydrogen-bond acceptors (Lipinski definition) is 3. The molecule has 0 radical (unpaired) electrons. The van der Waals surface area contributed by atoms with Gasteiger partial charge in [-0.25, -0.2) is 0 Å². The van der Waals surface area contributed by atoms with E-state index in [0.29, 0.717) is 5.75 Å². The molecule has 1 aliphatic rings.